The molecule has 36 heavy (non-hydrogen) atoms. The van der Waals surface area contributed by atoms with E-state index in [2.05, 4.69) is 0 Å². The summed E-state index contributed by atoms with van der Waals surface area (Å²) in [7, 11) is 0. The van der Waals surface area contributed by atoms with Crippen LogP contribution in [0.3, 0.4) is 0 Å². The van der Waals surface area contributed by atoms with Crippen LogP contribution in [0.1, 0.15) is 16.7 Å². The van der Waals surface area contributed by atoms with Crippen molar-refractivity contribution in [1.29, 1.82) is 0 Å². The maximum absolute atomic E-state index is 14.9. The van der Waals surface area contributed by atoms with Gasteiger partial charge in [-0.15, -0.1) is 0 Å². The van der Waals surface area contributed by atoms with Crippen LogP contribution in [0.5, 0.6) is 11.5 Å². The van der Waals surface area contributed by atoms with Crippen molar-refractivity contribution < 1.29 is 24.5 Å². The van der Waals surface area contributed by atoms with Gasteiger partial charge < -0.3 is 19.7 Å². The van der Waals surface area contributed by atoms with Crippen molar-refractivity contribution in [2.45, 2.75) is 5.41 Å². The molecule has 0 atom stereocenters. The summed E-state index contributed by atoms with van der Waals surface area (Å²) in [5, 5.41) is 18.9. The van der Waals surface area contributed by atoms with Crippen molar-refractivity contribution in [3.8, 4) is 11.5 Å². The van der Waals surface area contributed by atoms with Crippen molar-refractivity contribution >= 4 is 17.3 Å². The average molecular weight is 482 g/mol. The van der Waals surface area contributed by atoms with Crippen LogP contribution >= 0.6 is 0 Å². The number of fused-ring (bicyclic) bond motifs is 1. The first-order chi connectivity index (χ1) is 17.7. The molecule has 0 saturated carbocycles. The number of carbonyl (C=O) groups excluding carboxylic acids is 1. The fraction of sp³-hybridized carbons (Fsp3) is 0.167. The van der Waals surface area contributed by atoms with Gasteiger partial charge in [0, 0.05) is 22.4 Å². The summed E-state index contributed by atoms with van der Waals surface area (Å²) in [4.78, 5) is 16.6. The molecule has 2 N–H and O–H groups in total. The van der Waals surface area contributed by atoms with Gasteiger partial charge in [0.15, 0.2) is 0 Å². The Morgan fingerprint density at radius 1 is 0.611 bits per heavy atom. The number of nitrogens with zero attached hydrogens (tertiary/aromatic N) is 1. The molecule has 0 aliphatic carbocycles. The summed E-state index contributed by atoms with van der Waals surface area (Å²) in [5.41, 5.74) is 2.30. The van der Waals surface area contributed by atoms with Crippen LogP contribution < -0.4 is 14.4 Å². The first kappa shape index (κ1) is 23.6. The van der Waals surface area contributed by atoms with Crippen LogP contribution in [-0.2, 0) is 10.2 Å². The van der Waals surface area contributed by atoms with Gasteiger partial charge in [-0.2, -0.15) is 0 Å². The maximum atomic E-state index is 14.9. The van der Waals surface area contributed by atoms with Crippen molar-refractivity contribution in [2.75, 3.05) is 31.3 Å². The van der Waals surface area contributed by atoms with Crippen molar-refractivity contribution in [3.05, 3.63) is 120 Å². The van der Waals surface area contributed by atoms with E-state index in [4.69, 9.17) is 9.47 Å². The molecule has 0 unspecified atom stereocenters. The molecular formula is C30H27NO5. The first-order valence-electron chi connectivity index (χ1n) is 11.9. The molecule has 6 heteroatoms. The third-order valence-electron chi connectivity index (χ3n) is 6.37. The Bertz CT molecular complexity index is 1300. The number of hydrogen-bond donors (Lipinski definition) is 2. The summed E-state index contributed by atoms with van der Waals surface area (Å²) in [6, 6.07) is 32.1. The summed E-state index contributed by atoms with van der Waals surface area (Å²) >= 11 is 0. The van der Waals surface area contributed by atoms with Gasteiger partial charge in [-0.05, 0) is 30.3 Å². The van der Waals surface area contributed by atoms with Gasteiger partial charge in [0.25, 0.3) is 5.91 Å². The van der Waals surface area contributed by atoms with Crippen LogP contribution in [0, 0.1) is 0 Å². The van der Waals surface area contributed by atoms with Gasteiger partial charge in [0.2, 0.25) is 0 Å². The van der Waals surface area contributed by atoms with E-state index in [1.54, 1.807) is 4.90 Å². The number of hydrogen-bond acceptors (Lipinski definition) is 5. The van der Waals surface area contributed by atoms with E-state index >= 15 is 0 Å². The number of amides is 1. The van der Waals surface area contributed by atoms with Crippen LogP contribution in [0.25, 0.3) is 0 Å². The van der Waals surface area contributed by atoms with Gasteiger partial charge in [-0.1, -0.05) is 72.8 Å². The van der Waals surface area contributed by atoms with E-state index in [1.807, 2.05) is 103 Å². The Labute approximate surface area is 210 Å². The fourth-order valence-electron chi connectivity index (χ4n) is 4.99. The number of aliphatic hydroxyl groups is 2. The zero-order valence-electron chi connectivity index (χ0n) is 19.7. The lowest BCUT2D eigenvalue weighted by Crippen LogP contribution is -2.41. The average Bonchev–Trinajstić information content (AvgIpc) is 3.20. The first-order valence-corrected chi connectivity index (χ1v) is 11.9. The van der Waals surface area contributed by atoms with Crippen LogP contribution in [0.4, 0.5) is 11.4 Å². The highest BCUT2D eigenvalue weighted by Crippen LogP contribution is 2.56. The minimum absolute atomic E-state index is 0.0913. The second-order valence-corrected chi connectivity index (χ2v) is 8.38. The summed E-state index contributed by atoms with van der Waals surface area (Å²) in [6.07, 6.45) is 0. The highest BCUT2D eigenvalue weighted by molar-refractivity contribution is 6.17. The van der Waals surface area contributed by atoms with E-state index in [-0.39, 0.29) is 32.3 Å². The highest BCUT2D eigenvalue weighted by atomic mass is 16.5. The molecule has 6 nitrogen and oxygen atoms in total. The van der Waals surface area contributed by atoms with E-state index < -0.39 is 5.41 Å². The number of anilines is 2. The Balaban J connectivity index is 1.86. The molecule has 0 fully saturated rings. The summed E-state index contributed by atoms with van der Waals surface area (Å²) in [6.45, 7) is -0.127. The molecule has 0 saturated heterocycles. The van der Waals surface area contributed by atoms with Crippen LogP contribution in [0.15, 0.2) is 103 Å². The topological polar surface area (TPSA) is 79.2 Å². The highest BCUT2D eigenvalue weighted by Gasteiger charge is 2.56. The minimum atomic E-state index is -1.30. The lowest BCUT2D eigenvalue weighted by molar-refractivity contribution is -0.120. The van der Waals surface area contributed by atoms with E-state index in [9.17, 15) is 15.0 Å². The monoisotopic (exact) mass is 481 g/mol. The Hall–Kier alpha value is -4.13. The SMILES string of the molecule is O=C1N(c2ccccc2)c2ccccc2C1(c1ccccc1OCCO)c1ccccc1OCCO. The standard InChI is InChI=1S/C30H27NO5/c32-18-20-35-27-16-8-5-13-24(27)30(25-14-6-9-17-28(25)36-21-19-33)23-12-4-7-15-26(23)31(29(30)34)22-10-2-1-3-11-22/h1-17,32-33H,18-21H2. The van der Waals surface area contributed by atoms with Crippen molar-refractivity contribution in [2.24, 2.45) is 0 Å². The summed E-state index contributed by atoms with van der Waals surface area (Å²) in [5.74, 6) is 0.832. The second-order valence-electron chi connectivity index (χ2n) is 8.38. The van der Waals surface area contributed by atoms with Crippen molar-refractivity contribution in [1.82, 2.24) is 0 Å². The molecule has 0 bridgehead atoms. The number of aliphatic hydroxyl groups excluding tert-OH is 2. The fourth-order valence-corrected chi connectivity index (χ4v) is 4.99. The lowest BCUT2D eigenvalue weighted by Gasteiger charge is -2.33. The largest absolute Gasteiger partial charge is 0.491 e. The number of ether oxygens (including phenoxy) is 2. The maximum Gasteiger partial charge on any atom is 0.251 e. The molecule has 5 rings (SSSR count). The second kappa shape index (κ2) is 10.2. The van der Waals surface area contributed by atoms with E-state index in [1.165, 1.54) is 0 Å². The van der Waals surface area contributed by atoms with Gasteiger partial charge in [0.05, 0.1) is 18.9 Å². The molecule has 182 valence electrons. The lowest BCUT2D eigenvalue weighted by atomic mass is 9.69. The normalized spacial score (nSPS) is 13.9. The molecule has 0 radical (unpaired) electrons. The quantitative estimate of drug-likeness (QED) is 0.370. The van der Waals surface area contributed by atoms with Gasteiger partial charge >= 0.3 is 0 Å². The van der Waals surface area contributed by atoms with E-state index in [0.29, 0.717) is 22.6 Å². The minimum Gasteiger partial charge on any atom is -0.491 e. The predicted molar refractivity (Wildman–Crippen MR) is 138 cm³/mol. The number of carbonyl (C=O) groups is 1. The molecular weight excluding hydrogens is 454 g/mol. The van der Waals surface area contributed by atoms with Crippen molar-refractivity contribution in [3.63, 3.8) is 0 Å². The van der Waals surface area contributed by atoms with Gasteiger partial charge in [0.1, 0.15) is 30.1 Å². The zero-order chi connectivity index (χ0) is 25.0. The molecule has 1 heterocycles. The zero-order valence-corrected chi connectivity index (χ0v) is 19.7. The molecule has 1 aliphatic rings. The number of rotatable bonds is 9. The Kier molecular flexibility index (Phi) is 6.71. The molecule has 1 amide bonds. The van der Waals surface area contributed by atoms with Gasteiger partial charge in [-0.25, -0.2) is 0 Å². The summed E-state index contributed by atoms with van der Waals surface area (Å²) < 4.78 is 11.9. The molecule has 0 spiro atoms. The Morgan fingerprint density at radius 3 is 1.64 bits per heavy atom. The van der Waals surface area contributed by atoms with Crippen LogP contribution in [0.2, 0.25) is 0 Å². The number of para-hydroxylation sites is 4. The number of benzene rings is 4. The van der Waals surface area contributed by atoms with Gasteiger partial charge in [-0.3, -0.25) is 9.69 Å². The van der Waals surface area contributed by atoms with Crippen LogP contribution in [-0.4, -0.2) is 42.5 Å². The third kappa shape index (κ3) is 3.81. The molecule has 4 aromatic carbocycles. The molecule has 1 aliphatic heterocycles. The molecule has 0 aromatic heterocycles. The third-order valence-corrected chi connectivity index (χ3v) is 6.37. The molecule has 4 aromatic rings. The Morgan fingerprint density at radius 2 is 1.08 bits per heavy atom. The smallest absolute Gasteiger partial charge is 0.251 e. The predicted octanol–water partition coefficient (Wildman–Crippen LogP) is 4.44. The van der Waals surface area contributed by atoms with E-state index in [0.717, 1.165) is 16.9 Å².